The zero-order chi connectivity index (χ0) is 24.0. The summed E-state index contributed by atoms with van der Waals surface area (Å²) in [6.45, 7) is 1.66. The number of carbonyl (C=O) groups is 1. The van der Waals surface area contributed by atoms with Gasteiger partial charge in [-0.15, -0.1) is 0 Å². The van der Waals surface area contributed by atoms with Gasteiger partial charge in [0, 0.05) is 6.54 Å². The van der Waals surface area contributed by atoms with Gasteiger partial charge in [0.2, 0.25) is 10.0 Å². The van der Waals surface area contributed by atoms with Crippen molar-refractivity contribution in [1.29, 1.82) is 0 Å². The molecule has 0 bridgehead atoms. The van der Waals surface area contributed by atoms with Crippen molar-refractivity contribution in [2.45, 2.75) is 18.2 Å². The smallest absolute Gasteiger partial charge is 0.336 e. The van der Waals surface area contributed by atoms with E-state index in [4.69, 9.17) is 14.2 Å². The molecule has 3 rings (SSSR count). The van der Waals surface area contributed by atoms with Crippen molar-refractivity contribution in [3.8, 4) is 23.0 Å². The van der Waals surface area contributed by atoms with Crippen LogP contribution in [0.4, 0.5) is 0 Å². The molecule has 0 fully saturated rings. The van der Waals surface area contributed by atoms with Gasteiger partial charge in [0.05, 0.1) is 19.8 Å². The van der Waals surface area contributed by atoms with Crippen LogP contribution in [0.5, 0.6) is 23.0 Å². The van der Waals surface area contributed by atoms with Crippen molar-refractivity contribution in [1.82, 2.24) is 4.72 Å². The van der Waals surface area contributed by atoms with Gasteiger partial charge in [-0.05, 0) is 60.9 Å². The summed E-state index contributed by atoms with van der Waals surface area (Å²) in [7, 11) is -1.14. The van der Waals surface area contributed by atoms with Gasteiger partial charge in [0.15, 0.2) is 11.5 Å². The van der Waals surface area contributed by atoms with Crippen LogP contribution in [0.3, 0.4) is 0 Å². The molecule has 0 spiro atoms. The Bertz CT molecular complexity index is 1240. The number of sulfonamides is 1. The van der Waals surface area contributed by atoms with E-state index >= 15 is 0 Å². The second kappa shape index (κ2) is 10.4. The summed E-state index contributed by atoms with van der Waals surface area (Å²) in [5.74, 6) is 0.596. The molecule has 3 aromatic carbocycles. The maximum atomic E-state index is 12.8. The quantitative estimate of drug-likeness (QED) is 0.459. The van der Waals surface area contributed by atoms with E-state index in [9.17, 15) is 18.3 Å². The SMILES string of the molecule is COc1cc(CCNS(=O)(=O)c2cc(C(=O)O)c(C)cc2OC)ccc1Oc1ccccc1. The minimum Gasteiger partial charge on any atom is -0.495 e. The molecule has 0 unspecified atom stereocenters. The molecule has 0 radical (unpaired) electrons. The Morgan fingerprint density at radius 1 is 0.939 bits per heavy atom. The third kappa shape index (κ3) is 5.82. The second-order valence-electron chi connectivity index (χ2n) is 7.17. The third-order valence-electron chi connectivity index (χ3n) is 4.94. The summed E-state index contributed by atoms with van der Waals surface area (Å²) in [6, 6.07) is 17.2. The molecule has 0 aliphatic carbocycles. The van der Waals surface area contributed by atoms with E-state index in [2.05, 4.69) is 4.72 Å². The van der Waals surface area contributed by atoms with Gasteiger partial charge in [0.1, 0.15) is 16.4 Å². The van der Waals surface area contributed by atoms with Gasteiger partial charge in [0.25, 0.3) is 0 Å². The number of ether oxygens (including phenoxy) is 3. The number of benzene rings is 3. The van der Waals surface area contributed by atoms with Crippen molar-refractivity contribution < 1.29 is 32.5 Å². The Balaban J connectivity index is 1.73. The lowest BCUT2D eigenvalue weighted by molar-refractivity contribution is 0.0695. The maximum Gasteiger partial charge on any atom is 0.336 e. The predicted molar refractivity (Wildman–Crippen MR) is 123 cm³/mol. The van der Waals surface area contributed by atoms with E-state index in [0.717, 1.165) is 11.6 Å². The summed E-state index contributed by atoms with van der Waals surface area (Å²) < 4.78 is 44.6. The summed E-state index contributed by atoms with van der Waals surface area (Å²) >= 11 is 0. The number of hydrogen-bond acceptors (Lipinski definition) is 6. The molecule has 0 aliphatic rings. The monoisotopic (exact) mass is 471 g/mol. The zero-order valence-electron chi connectivity index (χ0n) is 18.5. The van der Waals surface area contributed by atoms with Gasteiger partial charge in [-0.2, -0.15) is 0 Å². The van der Waals surface area contributed by atoms with Crippen molar-refractivity contribution in [2.75, 3.05) is 20.8 Å². The number of nitrogens with one attached hydrogen (secondary N) is 1. The number of methoxy groups -OCH3 is 2. The summed E-state index contributed by atoms with van der Waals surface area (Å²) in [6.07, 6.45) is 0.376. The molecular formula is C24H25NO7S. The first-order valence-corrected chi connectivity index (χ1v) is 11.5. The molecule has 174 valence electrons. The van der Waals surface area contributed by atoms with Crippen LogP contribution in [-0.2, 0) is 16.4 Å². The summed E-state index contributed by atoms with van der Waals surface area (Å²) in [5.41, 5.74) is 1.13. The molecule has 0 atom stereocenters. The number of carboxylic acid groups (broad SMARTS) is 1. The lowest BCUT2D eigenvalue weighted by Gasteiger charge is -2.14. The molecule has 0 aliphatic heterocycles. The number of para-hydroxylation sites is 1. The van der Waals surface area contributed by atoms with Crippen molar-refractivity contribution >= 4 is 16.0 Å². The van der Waals surface area contributed by atoms with E-state index in [1.807, 2.05) is 36.4 Å². The summed E-state index contributed by atoms with van der Waals surface area (Å²) in [4.78, 5) is 11.2. The Kier molecular flexibility index (Phi) is 7.57. The lowest BCUT2D eigenvalue weighted by Crippen LogP contribution is -2.27. The van der Waals surface area contributed by atoms with E-state index in [-0.39, 0.29) is 22.8 Å². The lowest BCUT2D eigenvalue weighted by atomic mass is 10.1. The first-order valence-electron chi connectivity index (χ1n) is 10.1. The Hall–Kier alpha value is -3.56. The van der Waals surface area contributed by atoms with Crippen molar-refractivity contribution in [2.24, 2.45) is 0 Å². The largest absolute Gasteiger partial charge is 0.495 e. The highest BCUT2D eigenvalue weighted by molar-refractivity contribution is 7.89. The third-order valence-corrected chi connectivity index (χ3v) is 6.42. The molecule has 0 saturated heterocycles. The number of hydrogen-bond donors (Lipinski definition) is 2. The van der Waals surface area contributed by atoms with E-state index in [1.54, 1.807) is 19.1 Å². The van der Waals surface area contributed by atoms with Crippen LogP contribution < -0.4 is 18.9 Å². The Morgan fingerprint density at radius 2 is 1.64 bits per heavy atom. The normalized spacial score (nSPS) is 11.1. The number of aryl methyl sites for hydroxylation is 1. The second-order valence-corrected chi connectivity index (χ2v) is 8.91. The zero-order valence-corrected chi connectivity index (χ0v) is 19.3. The Morgan fingerprint density at radius 3 is 2.27 bits per heavy atom. The minimum atomic E-state index is -4.00. The molecule has 0 amide bonds. The molecule has 3 aromatic rings. The van der Waals surface area contributed by atoms with E-state index < -0.39 is 16.0 Å². The summed E-state index contributed by atoms with van der Waals surface area (Å²) in [5, 5.41) is 9.33. The van der Waals surface area contributed by atoms with Crippen LogP contribution in [0.2, 0.25) is 0 Å². The first kappa shape index (κ1) is 24.1. The highest BCUT2D eigenvalue weighted by Crippen LogP contribution is 2.32. The van der Waals surface area contributed by atoms with Crippen LogP contribution >= 0.6 is 0 Å². The first-order chi connectivity index (χ1) is 15.7. The average Bonchev–Trinajstić information content (AvgIpc) is 2.79. The average molecular weight is 472 g/mol. The van der Waals surface area contributed by atoms with E-state index in [1.165, 1.54) is 20.3 Å². The van der Waals surface area contributed by atoms with Crippen LogP contribution in [0.1, 0.15) is 21.5 Å². The van der Waals surface area contributed by atoms with Gasteiger partial charge in [-0.3, -0.25) is 0 Å². The minimum absolute atomic E-state index is 0.0779. The van der Waals surface area contributed by atoms with Crippen molar-refractivity contribution in [3.05, 3.63) is 77.4 Å². The van der Waals surface area contributed by atoms with Crippen LogP contribution in [0, 0.1) is 6.92 Å². The highest BCUT2D eigenvalue weighted by Gasteiger charge is 2.23. The molecular weight excluding hydrogens is 446 g/mol. The van der Waals surface area contributed by atoms with Gasteiger partial charge in [-0.25, -0.2) is 17.9 Å². The molecule has 0 heterocycles. The molecule has 2 N–H and O–H groups in total. The topological polar surface area (TPSA) is 111 Å². The predicted octanol–water partition coefficient (Wildman–Crippen LogP) is 4.02. The van der Waals surface area contributed by atoms with Gasteiger partial charge >= 0.3 is 5.97 Å². The van der Waals surface area contributed by atoms with Gasteiger partial charge in [-0.1, -0.05) is 24.3 Å². The molecule has 0 saturated carbocycles. The molecule has 33 heavy (non-hydrogen) atoms. The molecule has 9 heteroatoms. The van der Waals surface area contributed by atoms with Gasteiger partial charge < -0.3 is 19.3 Å². The standard InChI is InChI=1S/C24H25NO7S/c1-16-13-22(31-3)23(15-19(16)24(26)27)33(28,29)25-12-11-17-9-10-20(21(14-17)30-2)32-18-7-5-4-6-8-18/h4-10,13-15,25H,11-12H2,1-3H3,(H,26,27). The fraction of sp³-hybridized carbons (Fsp3) is 0.208. The van der Waals surface area contributed by atoms with Crippen LogP contribution in [0.25, 0.3) is 0 Å². The number of rotatable bonds is 10. The van der Waals surface area contributed by atoms with E-state index in [0.29, 0.717) is 29.2 Å². The number of aromatic carboxylic acids is 1. The molecule has 8 nitrogen and oxygen atoms in total. The Labute approximate surface area is 192 Å². The maximum absolute atomic E-state index is 12.8. The number of carboxylic acids is 1. The van der Waals surface area contributed by atoms with Crippen LogP contribution in [-0.4, -0.2) is 40.3 Å². The fourth-order valence-corrected chi connectivity index (χ4v) is 4.44. The highest BCUT2D eigenvalue weighted by atomic mass is 32.2. The van der Waals surface area contributed by atoms with Crippen molar-refractivity contribution in [3.63, 3.8) is 0 Å². The van der Waals surface area contributed by atoms with Crippen LogP contribution in [0.15, 0.2) is 65.6 Å². The fourth-order valence-electron chi connectivity index (χ4n) is 3.24. The molecule has 0 aromatic heterocycles.